The highest BCUT2D eigenvalue weighted by Crippen LogP contribution is 2.23. The molecule has 3 rings (SSSR count). The van der Waals surface area contributed by atoms with Crippen LogP contribution in [-0.2, 0) is 13.0 Å². The Morgan fingerprint density at radius 1 is 1.03 bits per heavy atom. The van der Waals surface area contributed by atoms with E-state index in [1.54, 1.807) is 0 Å². The first-order valence-corrected chi connectivity index (χ1v) is 11.1. The summed E-state index contributed by atoms with van der Waals surface area (Å²) >= 11 is 0. The Morgan fingerprint density at radius 3 is 2.41 bits per heavy atom. The third-order valence-electron chi connectivity index (χ3n) is 5.25. The van der Waals surface area contributed by atoms with E-state index in [2.05, 4.69) is 55.5 Å². The van der Waals surface area contributed by atoms with Crippen molar-refractivity contribution >= 4 is 5.91 Å². The van der Waals surface area contributed by atoms with Crippen LogP contribution in [0.15, 0.2) is 71.5 Å². The van der Waals surface area contributed by atoms with Gasteiger partial charge in [0.05, 0.1) is 12.6 Å². The molecule has 168 valence electrons. The fraction of sp³-hybridized carbons (Fsp3) is 0.346. The molecule has 0 spiro atoms. The zero-order chi connectivity index (χ0) is 22.9. The number of rotatable bonds is 10. The molecule has 0 aliphatic heterocycles. The molecule has 1 amide bonds. The van der Waals surface area contributed by atoms with Gasteiger partial charge in [-0.2, -0.15) is 5.10 Å². The van der Waals surface area contributed by atoms with Crippen LogP contribution in [0.3, 0.4) is 0 Å². The summed E-state index contributed by atoms with van der Waals surface area (Å²) in [5.41, 5.74) is 2.28. The molecule has 3 aromatic rings. The minimum absolute atomic E-state index is 0.151. The third-order valence-corrected chi connectivity index (χ3v) is 5.25. The van der Waals surface area contributed by atoms with Crippen LogP contribution in [0.25, 0.3) is 0 Å². The van der Waals surface area contributed by atoms with E-state index in [9.17, 15) is 9.59 Å². The van der Waals surface area contributed by atoms with E-state index in [-0.39, 0.29) is 42.3 Å². The molecule has 1 N–H and O–H groups in total. The van der Waals surface area contributed by atoms with Crippen molar-refractivity contribution in [1.29, 1.82) is 0 Å². The lowest BCUT2D eigenvalue weighted by atomic mass is 9.94. The molecule has 0 saturated heterocycles. The maximum atomic E-state index is 12.9. The smallest absolute Gasteiger partial charge is 0.272 e. The second-order valence-electron chi connectivity index (χ2n) is 8.13. The number of aromatic nitrogens is 2. The van der Waals surface area contributed by atoms with Crippen molar-refractivity contribution in [2.24, 2.45) is 5.92 Å². The van der Waals surface area contributed by atoms with E-state index in [0.29, 0.717) is 0 Å². The summed E-state index contributed by atoms with van der Waals surface area (Å²) in [7, 11) is 0. The van der Waals surface area contributed by atoms with Crippen LogP contribution in [-0.4, -0.2) is 22.3 Å². The van der Waals surface area contributed by atoms with Gasteiger partial charge in [-0.25, -0.2) is 4.68 Å². The van der Waals surface area contributed by atoms with Gasteiger partial charge in [0.25, 0.3) is 11.5 Å². The Bertz CT molecular complexity index is 1060. The van der Waals surface area contributed by atoms with Gasteiger partial charge < -0.3 is 10.1 Å². The van der Waals surface area contributed by atoms with E-state index in [0.717, 1.165) is 24.2 Å². The molecule has 6 nitrogen and oxygen atoms in total. The molecule has 1 unspecified atom stereocenters. The van der Waals surface area contributed by atoms with Crippen molar-refractivity contribution in [3.05, 3.63) is 93.9 Å². The van der Waals surface area contributed by atoms with Crippen LogP contribution in [0.1, 0.15) is 54.8 Å². The van der Waals surface area contributed by atoms with E-state index in [1.165, 1.54) is 22.4 Å². The van der Waals surface area contributed by atoms with Crippen LogP contribution >= 0.6 is 0 Å². The summed E-state index contributed by atoms with van der Waals surface area (Å²) in [6, 6.07) is 20.4. The van der Waals surface area contributed by atoms with Crippen molar-refractivity contribution in [3.8, 4) is 5.75 Å². The zero-order valence-electron chi connectivity index (χ0n) is 19.0. The maximum Gasteiger partial charge on any atom is 0.272 e. The Hall–Kier alpha value is -3.41. The number of para-hydroxylation sites is 1. The molecule has 0 saturated carbocycles. The lowest BCUT2D eigenvalue weighted by Crippen LogP contribution is -2.34. The topological polar surface area (TPSA) is 73.2 Å². The first-order valence-electron chi connectivity index (χ1n) is 11.1. The SMILES string of the molecule is CCCc1ccc(C(NC(=O)c2ccc(=O)n(CCOc3ccccc3)n2)C(C)C)cc1. The molecule has 2 aromatic carbocycles. The number of carbonyl (C=O) groups is 1. The molecule has 0 aliphatic rings. The number of benzene rings is 2. The Kier molecular flexibility index (Phi) is 8.20. The highest BCUT2D eigenvalue weighted by atomic mass is 16.5. The number of carbonyl (C=O) groups excluding carboxylic acids is 1. The van der Waals surface area contributed by atoms with E-state index in [4.69, 9.17) is 4.74 Å². The minimum Gasteiger partial charge on any atom is -0.492 e. The number of ether oxygens (including phenoxy) is 1. The van der Waals surface area contributed by atoms with Crippen molar-refractivity contribution in [2.45, 2.75) is 46.2 Å². The zero-order valence-corrected chi connectivity index (χ0v) is 19.0. The molecule has 1 atom stereocenters. The first-order chi connectivity index (χ1) is 15.5. The Morgan fingerprint density at radius 2 is 1.75 bits per heavy atom. The van der Waals surface area contributed by atoms with E-state index < -0.39 is 0 Å². The molecular weight excluding hydrogens is 402 g/mol. The standard InChI is InChI=1S/C26H31N3O3/c1-4-8-20-11-13-21(14-12-20)25(19(2)3)27-26(31)23-15-16-24(30)29(28-23)17-18-32-22-9-6-5-7-10-22/h5-7,9-16,19,25H,4,8,17-18H2,1-3H3,(H,27,31). The minimum atomic E-state index is -0.306. The van der Waals surface area contributed by atoms with Crippen LogP contribution < -0.4 is 15.6 Å². The average molecular weight is 434 g/mol. The van der Waals surface area contributed by atoms with Gasteiger partial charge in [0, 0.05) is 6.07 Å². The van der Waals surface area contributed by atoms with E-state index in [1.807, 2.05) is 30.3 Å². The fourth-order valence-corrected chi connectivity index (χ4v) is 3.53. The number of nitrogens with one attached hydrogen (secondary N) is 1. The molecule has 1 heterocycles. The van der Waals surface area contributed by atoms with Gasteiger partial charge >= 0.3 is 0 Å². The highest BCUT2D eigenvalue weighted by molar-refractivity contribution is 5.92. The van der Waals surface area contributed by atoms with Gasteiger partial charge in [-0.3, -0.25) is 9.59 Å². The van der Waals surface area contributed by atoms with Crippen LogP contribution in [0.5, 0.6) is 5.75 Å². The van der Waals surface area contributed by atoms with Gasteiger partial charge in [-0.1, -0.05) is 69.7 Å². The number of hydrogen-bond acceptors (Lipinski definition) is 4. The second kappa shape index (κ2) is 11.3. The molecule has 32 heavy (non-hydrogen) atoms. The first kappa shape index (κ1) is 23.3. The highest BCUT2D eigenvalue weighted by Gasteiger charge is 2.20. The normalized spacial score (nSPS) is 11.9. The van der Waals surface area contributed by atoms with Crippen LogP contribution in [0.2, 0.25) is 0 Å². The molecule has 0 aliphatic carbocycles. The molecule has 6 heteroatoms. The summed E-state index contributed by atoms with van der Waals surface area (Å²) in [6.45, 7) is 6.83. The predicted molar refractivity (Wildman–Crippen MR) is 126 cm³/mol. The summed E-state index contributed by atoms with van der Waals surface area (Å²) in [6.07, 6.45) is 2.14. The maximum absolute atomic E-state index is 12.9. The van der Waals surface area contributed by atoms with Crippen molar-refractivity contribution in [3.63, 3.8) is 0 Å². The largest absolute Gasteiger partial charge is 0.492 e. The molecule has 0 fully saturated rings. The summed E-state index contributed by atoms with van der Waals surface area (Å²) in [5, 5.41) is 7.34. The third kappa shape index (κ3) is 6.30. The van der Waals surface area contributed by atoms with Crippen molar-refractivity contribution < 1.29 is 9.53 Å². The van der Waals surface area contributed by atoms with Crippen molar-refractivity contribution in [1.82, 2.24) is 15.1 Å². The number of hydrogen-bond donors (Lipinski definition) is 1. The summed E-state index contributed by atoms with van der Waals surface area (Å²) in [5.74, 6) is 0.611. The fourth-order valence-electron chi connectivity index (χ4n) is 3.53. The monoisotopic (exact) mass is 433 g/mol. The Balaban J connectivity index is 1.68. The van der Waals surface area contributed by atoms with Crippen LogP contribution in [0.4, 0.5) is 0 Å². The van der Waals surface area contributed by atoms with Gasteiger partial charge in [-0.05, 0) is 41.7 Å². The van der Waals surface area contributed by atoms with Crippen molar-refractivity contribution in [2.75, 3.05) is 6.61 Å². The van der Waals surface area contributed by atoms with Gasteiger partial charge in [0.1, 0.15) is 18.1 Å². The molecule has 1 aromatic heterocycles. The van der Waals surface area contributed by atoms with Gasteiger partial charge in [-0.15, -0.1) is 0 Å². The average Bonchev–Trinajstić information content (AvgIpc) is 2.80. The van der Waals surface area contributed by atoms with E-state index >= 15 is 0 Å². The molecular formula is C26H31N3O3. The quantitative estimate of drug-likeness (QED) is 0.514. The number of nitrogens with zero attached hydrogens (tertiary/aromatic N) is 2. The number of amides is 1. The lowest BCUT2D eigenvalue weighted by Gasteiger charge is -2.23. The summed E-state index contributed by atoms with van der Waals surface area (Å²) in [4.78, 5) is 25.1. The van der Waals surface area contributed by atoms with Crippen LogP contribution in [0, 0.1) is 5.92 Å². The second-order valence-corrected chi connectivity index (χ2v) is 8.13. The molecule has 0 bridgehead atoms. The van der Waals surface area contributed by atoms with Gasteiger partial charge in [0.15, 0.2) is 0 Å². The molecule has 0 radical (unpaired) electrons. The number of aryl methyl sites for hydroxylation is 1. The predicted octanol–water partition coefficient (Wildman–Crippen LogP) is 4.40. The lowest BCUT2D eigenvalue weighted by molar-refractivity contribution is 0.0917. The summed E-state index contributed by atoms with van der Waals surface area (Å²) < 4.78 is 6.91. The van der Waals surface area contributed by atoms with Gasteiger partial charge in [0.2, 0.25) is 0 Å². The Labute approximate surface area is 189 Å².